The number of furan rings is 1. The van der Waals surface area contributed by atoms with E-state index in [1.54, 1.807) is 0 Å². The number of hydrogen-bond acceptors (Lipinski definition) is 4. The third kappa shape index (κ3) is 8.64. The lowest BCUT2D eigenvalue weighted by Crippen LogP contribution is -2.56. The van der Waals surface area contributed by atoms with E-state index >= 15 is 0 Å². The van der Waals surface area contributed by atoms with Crippen LogP contribution in [0.1, 0.15) is 0 Å². The molecule has 0 spiro atoms. The Kier molecular flexibility index (Phi) is 16.1. The van der Waals surface area contributed by atoms with E-state index in [4.69, 9.17) is 19.4 Å². The summed E-state index contributed by atoms with van der Waals surface area (Å²) in [5, 5.41) is 5.01. The average Bonchev–Trinajstić information content (AvgIpc) is 1.52. The van der Waals surface area contributed by atoms with Crippen molar-refractivity contribution >= 4 is 470 Å². The van der Waals surface area contributed by atoms with Gasteiger partial charge in [-0.2, -0.15) is 0 Å². The molecule has 0 aliphatic heterocycles. The van der Waals surface area contributed by atoms with Crippen LogP contribution in [0.2, 0.25) is 0 Å². The summed E-state index contributed by atoms with van der Waals surface area (Å²) < 4.78 is 10.4. The molecule has 0 saturated heterocycles. The number of rotatable bonds is 6. The maximum Gasteiger partial charge on any atom is 0.162 e. The van der Waals surface area contributed by atoms with Gasteiger partial charge in [0.2, 0.25) is 0 Å². The Hall–Kier alpha value is -5.55. The van der Waals surface area contributed by atoms with Crippen molar-refractivity contribution in [3.63, 3.8) is 0 Å². The molecule has 3 aromatic heterocycles. The van der Waals surface area contributed by atoms with E-state index in [9.17, 15) is 0 Å². The first kappa shape index (κ1) is 64.0. The largest absolute Gasteiger partial charge is 0.455 e. The van der Waals surface area contributed by atoms with E-state index in [0.29, 0.717) is 17.5 Å². The summed E-state index contributed by atoms with van der Waals surface area (Å²) in [6.45, 7) is 0. The van der Waals surface area contributed by atoms with Gasteiger partial charge >= 0.3 is 0 Å². The van der Waals surface area contributed by atoms with Gasteiger partial charge in [0, 0.05) is 60.7 Å². The quantitative estimate of drug-likeness (QED) is 0.156. The molecule has 3 heterocycles. The highest BCUT2D eigenvalue weighted by Gasteiger charge is 2.32. The molecule has 0 amide bonds. The second-order valence-electron chi connectivity index (χ2n) is 27.6. The molecule has 390 valence electrons. The molecule has 0 bridgehead atoms. The lowest BCUT2D eigenvalue weighted by Gasteiger charge is -2.26. The number of benzene rings is 8. The summed E-state index contributed by atoms with van der Waals surface area (Å²) in [7, 11) is 73.7. The normalized spacial score (nSPS) is 11.7. The van der Waals surface area contributed by atoms with Crippen molar-refractivity contribution in [3.8, 4) is 62.1 Å². The molecule has 0 aliphatic carbocycles. The van der Waals surface area contributed by atoms with Crippen LogP contribution in [0.5, 0.6) is 0 Å². The van der Waals surface area contributed by atoms with E-state index < -0.39 is 0 Å². The second-order valence-corrected chi connectivity index (χ2v) is 27.6. The monoisotopic (exact) mass is 1100 g/mol. The number of fused-ring (bicyclic) bond motifs is 6. The summed E-state index contributed by atoms with van der Waals surface area (Å²) in [4.78, 5) is 17.5. The zero-order valence-corrected chi connectivity index (χ0v) is 59.7. The molecular formula is C51H64B32N4O. The first-order chi connectivity index (χ1) is 41.1. The standard InChI is InChI=1S/C51H64B32N4O/c52-12-1(5-18(58)27(67)20(60)7-8-21(61)28(68)19(59)6(48(8)88-47(5)7)2-15(55)29(69)34(74)30(70)16(2)56)14(54)26(66)22(62)9(12)49-84-50(86-51(85-49)11-23(63)32(72)35(75)33(73)24(11)64)10-13(53)3-4-17(57)31(71)37(77)41(81)45(4)87(44(3)40(80)25(10)65)46-42(82)38(78)36(76)39(79)43(46)83/h52-83H2. The van der Waals surface area contributed by atoms with Crippen LogP contribution < -0.4 is 175 Å². The number of hydrogen-bond donors (Lipinski definition) is 0. The molecule has 37 heteroatoms. The molecule has 0 atom stereocenters. The summed E-state index contributed by atoms with van der Waals surface area (Å²) in [5.74, 6) is 2.09. The molecular weight excluding hydrogens is 1030 g/mol. The summed E-state index contributed by atoms with van der Waals surface area (Å²) >= 11 is 0. The van der Waals surface area contributed by atoms with Gasteiger partial charge in [0.1, 0.15) is 262 Å². The van der Waals surface area contributed by atoms with Crippen LogP contribution in [0.25, 0.3) is 106 Å². The molecule has 5 nitrogen and oxygen atoms in total. The van der Waals surface area contributed by atoms with Gasteiger partial charge in [0.25, 0.3) is 0 Å². The van der Waals surface area contributed by atoms with Gasteiger partial charge < -0.3 is 8.98 Å². The maximum absolute atomic E-state index is 7.76. The molecule has 0 aliphatic rings. The Morgan fingerprint density at radius 2 is 0.398 bits per heavy atom. The predicted octanol–water partition coefficient (Wildman–Crippen LogP) is -42.5. The van der Waals surface area contributed by atoms with Crippen LogP contribution in [0.3, 0.4) is 0 Å². The van der Waals surface area contributed by atoms with Gasteiger partial charge in [-0.15, -0.1) is 49.2 Å². The van der Waals surface area contributed by atoms with Crippen molar-refractivity contribution in [2.75, 3.05) is 0 Å². The summed E-state index contributed by atoms with van der Waals surface area (Å²) in [6.07, 6.45) is 0. The molecule has 8 aromatic carbocycles. The molecule has 88 heavy (non-hydrogen) atoms. The first-order valence-electron chi connectivity index (χ1n) is 32.2. The Bertz CT molecular complexity index is 5050. The van der Waals surface area contributed by atoms with Crippen LogP contribution in [0, 0.1) is 0 Å². The minimum atomic E-state index is 0.686. The smallest absolute Gasteiger partial charge is 0.162 e. The average molecular weight is 1100 g/mol. The van der Waals surface area contributed by atoms with Crippen molar-refractivity contribution in [2.24, 2.45) is 0 Å². The SMILES string of the molecule is Bc1c(B)c(B)c(-c2nc(-c3c(B)c(B)c(B)c(-c4c(B)c(B)c(B)c5c4oc4c(-c6c(B)c(B)c(B)c(B)c6B)c(B)c(B)c(B)c45)c3B)nc(-c3c(B)c(B)c4c(c3B)c3c(B)c(B)c(B)c(B)c3n4-c3c(B)c(B)c(B)c(B)c3B)n2)c(B)c1B. The highest BCUT2D eigenvalue weighted by Crippen LogP contribution is 2.36. The third-order valence-corrected chi connectivity index (χ3v) is 24.4. The second kappa shape index (κ2) is 22.1. The van der Waals surface area contributed by atoms with Crippen LogP contribution in [-0.2, 0) is 0 Å². The van der Waals surface area contributed by atoms with Gasteiger partial charge in [0.15, 0.2) is 17.5 Å². The van der Waals surface area contributed by atoms with E-state index in [0.717, 1.165) is 38.9 Å². The number of aromatic nitrogens is 4. The summed E-state index contributed by atoms with van der Waals surface area (Å²) in [6, 6.07) is 0. The topological polar surface area (TPSA) is 56.7 Å². The van der Waals surface area contributed by atoms with Gasteiger partial charge in [-0.25, -0.2) is 15.0 Å². The predicted molar refractivity (Wildman–Crippen MR) is 490 cm³/mol. The molecule has 11 rings (SSSR count). The Labute approximate surface area is 551 Å². The first-order valence-corrected chi connectivity index (χ1v) is 32.2. The van der Waals surface area contributed by atoms with Crippen LogP contribution in [0.4, 0.5) is 0 Å². The molecule has 0 N–H and O–H groups in total. The van der Waals surface area contributed by atoms with Gasteiger partial charge in [-0.1, -0.05) is 126 Å². The van der Waals surface area contributed by atoms with E-state index in [1.807, 2.05) is 0 Å². The van der Waals surface area contributed by atoms with Crippen LogP contribution in [-0.4, -0.2) is 271 Å². The highest BCUT2D eigenvalue weighted by molar-refractivity contribution is 6.76. The lowest BCUT2D eigenvalue weighted by molar-refractivity contribution is 0.672. The minimum Gasteiger partial charge on any atom is -0.455 e. The van der Waals surface area contributed by atoms with Crippen molar-refractivity contribution < 1.29 is 4.42 Å². The minimum absolute atomic E-state index is 0.686. The number of nitrogens with zero attached hydrogens (tertiary/aromatic N) is 4. The van der Waals surface area contributed by atoms with Crippen molar-refractivity contribution in [1.29, 1.82) is 0 Å². The fourth-order valence-electron chi connectivity index (χ4n) is 16.3. The molecule has 0 fully saturated rings. The zero-order valence-electron chi connectivity index (χ0n) is 59.7. The lowest BCUT2D eigenvalue weighted by atomic mass is 9.58. The summed E-state index contributed by atoms with van der Waals surface area (Å²) in [5.41, 5.74) is 54.8. The van der Waals surface area contributed by atoms with Crippen LogP contribution >= 0.6 is 0 Å². The zero-order chi connectivity index (χ0) is 64.9. The fourth-order valence-corrected chi connectivity index (χ4v) is 16.3. The van der Waals surface area contributed by atoms with Gasteiger partial charge in [0.05, 0.1) is 0 Å². The van der Waals surface area contributed by atoms with Crippen molar-refractivity contribution in [3.05, 3.63) is 0 Å². The van der Waals surface area contributed by atoms with Crippen molar-refractivity contribution in [1.82, 2.24) is 19.5 Å². The Balaban J connectivity index is 1.30. The third-order valence-electron chi connectivity index (χ3n) is 24.4. The van der Waals surface area contributed by atoms with Gasteiger partial charge in [-0.05, 0) is 16.5 Å². The highest BCUT2D eigenvalue weighted by atomic mass is 16.3. The van der Waals surface area contributed by atoms with Gasteiger partial charge in [-0.3, -0.25) is 0 Å². The maximum atomic E-state index is 7.76. The van der Waals surface area contributed by atoms with E-state index in [2.05, 4.69) is 256 Å². The fraction of sp³-hybridized carbons (Fsp3) is 0. The molecule has 0 unspecified atom stereocenters. The molecule has 0 radical (unpaired) electrons. The Morgan fingerprint density at radius 3 is 0.784 bits per heavy atom. The van der Waals surface area contributed by atoms with Crippen LogP contribution in [0.15, 0.2) is 4.42 Å². The Morgan fingerprint density at radius 1 is 0.182 bits per heavy atom. The molecule has 11 aromatic rings. The van der Waals surface area contributed by atoms with E-state index in [-0.39, 0.29) is 0 Å². The van der Waals surface area contributed by atoms with Crippen molar-refractivity contribution in [2.45, 2.75) is 0 Å². The molecule has 0 saturated carbocycles. The van der Waals surface area contributed by atoms with E-state index in [1.165, 1.54) is 224 Å².